The fourth-order valence-corrected chi connectivity index (χ4v) is 2.87. The molecule has 2 aromatic rings. The number of nitrogens with zero attached hydrogens (tertiary/aromatic N) is 1. The maximum absolute atomic E-state index is 11.8. The maximum Gasteiger partial charge on any atom is 0.269 e. The first-order valence-electron chi connectivity index (χ1n) is 6.89. The summed E-state index contributed by atoms with van der Waals surface area (Å²) in [6, 6.07) is 13.0. The topological polar surface area (TPSA) is 101 Å². The van der Waals surface area contributed by atoms with Crippen LogP contribution in [-0.2, 0) is 23.1 Å². The van der Waals surface area contributed by atoms with Crippen LogP contribution in [0.2, 0.25) is 0 Å². The Morgan fingerprint density at radius 1 is 1.04 bits per heavy atom. The third kappa shape index (κ3) is 4.59. The summed E-state index contributed by atoms with van der Waals surface area (Å²) < 4.78 is 25.8. The molecule has 0 spiro atoms. The number of rotatable bonds is 7. The number of non-ortho nitro benzene ring substituents is 1. The summed E-state index contributed by atoms with van der Waals surface area (Å²) in [4.78, 5) is 10.5. The summed E-state index contributed by atoms with van der Waals surface area (Å²) in [6.45, 7) is 0.903. The first kappa shape index (κ1) is 17.1. The minimum atomic E-state index is -3.47. The number of benzene rings is 2. The number of hydrogen-bond acceptors (Lipinski definition) is 5. The van der Waals surface area contributed by atoms with Gasteiger partial charge in [0.15, 0.2) is 0 Å². The highest BCUT2D eigenvalue weighted by molar-refractivity contribution is 7.89. The highest BCUT2D eigenvalue weighted by atomic mass is 32.2. The van der Waals surface area contributed by atoms with Crippen LogP contribution in [-0.4, -0.2) is 20.4 Å². The van der Waals surface area contributed by atoms with Crippen LogP contribution in [0.25, 0.3) is 0 Å². The molecule has 0 unspecified atom stereocenters. The van der Waals surface area contributed by atoms with Gasteiger partial charge in [-0.1, -0.05) is 24.3 Å². The first-order chi connectivity index (χ1) is 10.9. The molecular formula is C15H17N3O4S. The molecule has 0 aliphatic rings. The second-order valence-electron chi connectivity index (χ2n) is 4.89. The number of nitrogens with one attached hydrogen (secondary N) is 2. The van der Waals surface area contributed by atoms with Crippen molar-refractivity contribution in [3.05, 3.63) is 69.8 Å². The van der Waals surface area contributed by atoms with Crippen LogP contribution >= 0.6 is 0 Å². The van der Waals surface area contributed by atoms with Gasteiger partial charge in [0.05, 0.1) is 9.82 Å². The van der Waals surface area contributed by atoms with Crippen molar-refractivity contribution in [1.82, 2.24) is 10.0 Å². The molecule has 2 aromatic carbocycles. The molecule has 0 aliphatic carbocycles. The van der Waals surface area contributed by atoms with E-state index >= 15 is 0 Å². The first-order valence-corrected chi connectivity index (χ1v) is 8.37. The van der Waals surface area contributed by atoms with E-state index in [1.54, 1.807) is 24.3 Å². The van der Waals surface area contributed by atoms with E-state index in [4.69, 9.17) is 0 Å². The predicted molar refractivity (Wildman–Crippen MR) is 86.3 cm³/mol. The van der Waals surface area contributed by atoms with E-state index in [1.165, 1.54) is 25.2 Å². The quantitative estimate of drug-likeness (QED) is 0.593. The van der Waals surface area contributed by atoms with Gasteiger partial charge in [-0.25, -0.2) is 13.1 Å². The Bertz CT molecular complexity index is 806. The zero-order valence-electron chi connectivity index (χ0n) is 12.5. The number of nitro benzene ring substituents is 1. The number of hydrogen-bond donors (Lipinski definition) is 2. The fraction of sp³-hybridized carbons (Fsp3) is 0.200. The summed E-state index contributed by atoms with van der Waals surface area (Å²) in [6.07, 6.45) is 0. The van der Waals surface area contributed by atoms with Gasteiger partial charge in [0.2, 0.25) is 10.0 Å². The van der Waals surface area contributed by atoms with Gasteiger partial charge in [0, 0.05) is 25.2 Å². The molecule has 0 atom stereocenters. The molecule has 2 rings (SSSR count). The van der Waals surface area contributed by atoms with Crippen LogP contribution in [0, 0.1) is 10.1 Å². The molecule has 122 valence electrons. The lowest BCUT2D eigenvalue weighted by Gasteiger charge is -2.07. The Labute approximate surface area is 134 Å². The van der Waals surface area contributed by atoms with E-state index in [0.717, 1.165) is 11.1 Å². The number of nitro groups is 1. The summed E-state index contributed by atoms with van der Waals surface area (Å²) in [5, 5.41) is 13.9. The SMILES string of the molecule is CNS(=O)(=O)c1cccc(CNCc2cccc([N+](=O)[O-])c2)c1. The molecule has 0 fully saturated rings. The Hall–Kier alpha value is -2.29. The van der Waals surface area contributed by atoms with Crippen molar-refractivity contribution in [2.75, 3.05) is 7.05 Å². The van der Waals surface area contributed by atoms with Crippen molar-refractivity contribution < 1.29 is 13.3 Å². The van der Waals surface area contributed by atoms with Gasteiger partial charge in [-0.2, -0.15) is 0 Å². The van der Waals surface area contributed by atoms with Crippen molar-refractivity contribution in [3.8, 4) is 0 Å². The van der Waals surface area contributed by atoms with Gasteiger partial charge in [-0.15, -0.1) is 0 Å². The normalized spacial score (nSPS) is 11.3. The Morgan fingerprint density at radius 2 is 1.65 bits per heavy atom. The second kappa shape index (κ2) is 7.32. The van der Waals surface area contributed by atoms with E-state index in [1.807, 2.05) is 6.07 Å². The molecule has 0 amide bonds. The zero-order chi connectivity index (χ0) is 16.9. The van der Waals surface area contributed by atoms with Crippen molar-refractivity contribution in [2.45, 2.75) is 18.0 Å². The van der Waals surface area contributed by atoms with Gasteiger partial charge in [-0.3, -0.25) is 10.1 Å². The zero-order valence-corrected chi connectivity index (χ0v) is 13.3. The molecule has 0 aromatic heterocycles. The minimum Gasteiger partial charge on any atom is -0.309 e. The molecule has 0 aliphatic heterocycles. The van der Waals surface area contributed by atoms with Crippen molar-refractivity contribution >= 4 is 15.7 Å². The molecule has 0 saturated heterocycles. The van der Waals surface area contributed by atoms with E-state index in [2.05, 4.69) is 10.0 Å². The minimum absolute atomic E-state index is 0.0476. The third-order valence-corrected chi connectivity index (χ3v) is 4.67. The smallest absolute Gasteiger partial charge is 0.269 e. The van der Waals surface area contributed by atoms with Crippen LogP contribution in [0.1, 0.15) is 11.1 Å². The van der Waals surface area contributed by atoms with Gasteiger partial charge in [0.25, 0.3) is 5.69 Å². The molecule has 2 N–H and O–H groups in total. The molecule has 0 radical (unpaired) electrons. The van der Waals surface area contributed by atoms with Crippen molar-refractivity contribution in [2.24, 2.45) is 0 Å². The highest BCUT2D eigenvalue weighted by Gasteiger charge is 2.11. The van der Waals surface area contributed by atoms with Crippen LogP contribution in [0.3, 0.4) is 0 Å². The molecular weight excluding hydrogens is 318 g/mol. The average Bonchev–Trinajstić information content (AvgIpc) is 2.55. The summed E-state index contributed by atoms with van der Waals surface area (Å²) in [5.74, 6) is 0. The monoisotopic (exact) mass is 335 g/mol. The van der Waals surface area contributed by atoms with Crippen molar-refractivity contribution in [3.63, 3.8) is 0 Å². The number of sulfonamides is 1. The Morgan fingerprint density at radius 3 is 2.26 bits per heavy atom. The molecule has 0 bridgehead atoms. The molecule has 0 heterocycles. The summed E-state index contributed by atoms with van der Waals surface area (Å²) in [5.41, 5.74) is 1.65. The lowest BCUT2D eigenvalue weighted by atomic mass is 10.2. The Balaban J connectivity index is 2.01. The molecule has 23 heavy (non-hydrogen) atoms. The van der Waals surface area contributed by atoms with E-state index in [0.29, 0.717) is 13.1 Å². The van der Waals surface area contributed by atoms with E-state index < -0.39 is 14.9 Å². The van der Waals surface area contributed by atoms with Crippen molar-refractivity contribution in [1.29, 1.82) is 0 Å². The van der Waals surface area contributed by atoms with Gasteiger partial charge < -0.3 is 5.32 Å². The predicted octanol–water partition coefficient (Wildman–Crippen LogP) is 1.79. The summed E-state index contributed by atoms with van der Waals surface area (Å²) in [7, 11) is -2.10. The Kier molecular flexibility index (Phi) is 5.43. The van der Waals surface area contributed by atoms with Crippen LogP contribution < -0.4 is 10.0 Å². The average molecular weight is 335 g/mol. The van der Waals surface area contributed by atoms with E-state index in [-0.39, 0.29) is 10.6 Å². The largest absolute Gasteiger partial charge is 0.309 e. The molecule has 0 saturated carbocycles. The lowest BCUT2D eigenvalue weighted by Crippen LogP contribution is -2.19. The third-order valence-electron chi connectivity index (χ3n) is 3.26. The van der Waals surface area contributed by atoms with Gasteiger partial charge in [0.1, 0.15) is 0 Å². The summed E-state index contributed by atoms with van der Waals surface area (Å²) >= 11 is 0. The standard InChI is InChI=1S/C15H17N3O4S/c1-16-23(21,22)15-7-3-5-13(9-15)11-17-10-12-4-2-6-14(8-12)18(19)20/h2-9,16-17H,10-11H2,1H3. The second-order valence-corrected chi connectivity index (χ2v) is 6.77. The molecule has 8 heteroatoms. The van der Waals surface area contributed by atoms with Crippen LogP contribution in [0.5, 0.6) is 0 Å². The van der Waals surface area contributed by atoms with E-state index in [9.17, 15) is 18.5 Å². The molecule has 7 nitrogen and oxygen atoms in total. The fourth-order valence-electron chi connectivity index (χ4n) is 2.07. The van der Waals surface area contributed by atoms with Gasteiger partial charge in [-0.05, 0) is 30.3 Å². The lowest BCUT2D eigenvalue weighted by molar-refractivity contribution is -0.384. The highest BCUT2D eigenvalue weighted by Crippen LogP contribution is 2.14. The maximum atomic E-state index is 11.8. The van der Waals surface area contributed by atoms with Crippen LogP contribution in [0.15, 0.2) is 53.4 Å². The van der Waals surface area contributed by atoms with Gasteiger partial charge >= 0.3 is 0 Å². The van der Waals surface area contributed by atoms with Crippen LogP contribution in [0.4, 0.5) is 5.69 Å².